The number of amides is 1. The molecule has 0 aromatic carbocycles. The number of hydrogen-bond acceptors (Lipinski definition) is 2. The molecule has 0 saturated heterocycles. The summed E-state index contributed by atoms with van der Waals surface area (Å²) >= 11 is 3.29. The molecule has 2 aromatic heterocycles. The zero-order chi connectivity index (χ0) is 14.3. The number of rotatable bonds is 1. The number of halogens is 1. The minimum absolute atomic E-state index is 0.0441. The van der Waals surface area contributed by atoms with Crippen molar-refractivity contribution in [2.24, 2.45) is 0 Å². The second-order valence-corrected chi connectivity index (χ2v) is 5.91. The van der Waals surface area contributed by atoms with Crippen LogP contribution in [0.1, 0.15) is 34.7 Å². The van der Waals surface area contributed by atoms with Gasteiger partial charge in [-0.3, -0.25) is 4.79 Å². The topological polar surface area (TPSA) is 38.1 Å². The van der Waals surface area contributed by atoms with Crippen LogP contribution in [0.2, 0.25) is 0 Å². The molecule has 1 aliphatic heterocycles. The van der Waals surface area contributed by atoms with Gasteiger partial charge in [-0.1, -0.05) is 0 Å². The Morgan fingerprint density at radius 2 is 2.10 bits per heavy atom. The van der Waals surface area contributed by atoms with Gasteiger partial charge in [-0.05, 0) is 54.0 Å². The van der Waals surface area contributed by atoms with Crippen molar-refractivity contribution in [2.75, 3.05) is 6.54 Å². The highest BCUT2D eigenvalue weighted by molar-refractivity contribution is 9.10. The fourth-order valence-electron chi connectivity index (χ4n) is 2.77. The first-order chi connectivity index (χ1) is 9.58. The molecule has 0 saturated carbocycles. The third-order valence-electron chi connectivity index (χ3n) is 3.93. The summed E-state index contributed by atoms with van der Waals surface area (Å²) in [6.07, 6.45) is 1.62. The van der Waals surface area contributed by atoms with Crippen LogP contribution in [-0.4, -0.2) is 26.9 Å². The Kier molecular flexibility index (Phi) is 3.38. The monoisotopic (exact) mass is 333 g/mol. The molecular weight excluding hydrogens is 318 g/mol. The maximum atomic E-state index is 12.6. The fourth-order valence-corrected chi connectivity index (χ4v) is 3.00. The molecule has 104 valence electrons. The number of carbonyl (C=O) groups is 1. The lowest BCUT2D eigenvalue weighted by Gasteiger charge is -2.35. The summed E-state index contributed by atoms with van der Waals surface area (Å²) < 4.78 is 3.03. The molecule has 0 spiro atoms. The Morgan fingerprint density at radius 3 is 2.80 bits per heavy atom. The van der Waals surface area contributed by atoms with Gasteiger partial charge in [0.15, 0.2) is 0 Å². The SMILES string of the molecule is Cc1ccc2n1CCN(C(=O)c1ccc(Br)nc1)C2C. The van der Waals surface area contributed by atoms with Crippen molar-refractivity contribution in [3.05, 3.63) is 52.0 Å². The Hall–Kier alpha value is -1.62. The summed E-state index contributed by atoms with van der Waals surface area (Å²) in [4.78, 5) is 18.6. The molecule has 0 aliphatic carbocycles. The molecule has 3 heterocycles. The second kappa shape index (κ2) is 5.05. The standard InChI is InChI=1S/C15H16BrN3O/c1-10-3-5-13-11(2)19(8-7-18(10)13)15(20)12-4-6-14(16)17-9-12/h3-6,9,11H,7-8H2,1-2H3. The van der Waals surface area contributed by atoms with Gasteiger partial charge in [0.05, 0.1) is 11.6 Å². The molecule has 3 rings (SSSR count). The highest BCUT2D eigenvalue weighted by Gasteiger charge is 2.28. The van der Waals surface area contributed by atoms with Crippen molar-refractivity contribution in [1.82, 2.24) is 14.5 Å². The third kappa shape index (κ3) is 2.16. The zero-order valence-electron chi connectivity index (χ0n) is 11.5. The van der Waals surface area contributed by atoms with E-state index in [0.29, 0.717) is 5.56 Å². The van der Waals surface area contributed by atoms with Crippen molar-refractivity contribution in [3.8, 4) is 0 Å². The van der Waals surface area contributed by atoms with E-state index in [1.54, 1.807) is 12.3 Å². The number of pyridine rings is 1. The van der Waals surface area contributed by atoms with E-state index in [4.69, 9.17) is 0 Å². The molecule has 1 aliphatic rings. The van der Waals surface area contributed by atoms with Crippen LogP contribution in [0, 0.1) is 6.92 Å². The maximum absolute atomic E-state index is 12.6. The predicted octanol–water partition coefficient (Wildman–Crippen LogP) is 3.17. The Labute approximate surface area is 126 Å². The van der Waals surface area contributed by atoms with Crippen LogP contribution in [0.15, 0.2) is 35.1 Å². The molecule has 0 bridgehead atoms. The van der Waals surface area contributed by atoms with Gasteiger partial charge in [0.25, 0.3) is 5.91 Å². The number of nitrogens with zero attached hydrogens (tertiary/aromatic N) is 3. The smallest absolute Gasteiger partial charge is 0.256 e. The number of fused-ring (bicyclic) bond motifs is 1. The molecule has 2 aromatic rings. The summed E-state index contributed by atoms with van der Waals surface area (Å²) in [6.45, 7) is 5.77. The van der Waals surface area contributed by atoms with Gasteiger partial charge in [-0.15, -0.1) is 0 Å². The van der Waals surface area contributed by atoms with E-state index in [-0.39, 0.29) is 11.9 Å². The summed E-state index contributed by atoms with van der Waals surface area (Å²) in [5.74, 6) is 0.0441. The summed E-state index contributed by atoms with van der Waals surface area (Å²) in [5, 5.41) is 0. The van der Waals surface area contributed by atoms with Crippen LogP contribution < -0.4 is 0 Å². The largest absolute Gasteiger partial charge is 0.345 e. The van der Waals surface area contributed by atoms with E-state index < -0.39 is 0 Å². The van der Waals surface area contributed by atoms with E-state index in [1.165, 1.54) is 11.4 Å². The van der Waals surface area contributed by atoms with Gasteiger partial charge >= 0.3 is 0 Å². The molecule has 5 heteroatoms. The minimum Gasteiger partial charge on any atom is -0.345 e. The minimum atomic E-state index is 0.0441. The second-order valence-electron chi connectivity index (χ2n) is 5.10. The maximum Gasteiger partial charge on any atom is 0.256 e. The van der Waals surface area contributed by atoms with Crippen LogP contribution >= 0.6 is 15.9 Å². The molecular formula is C15H16BrN3O. The number of carbonyl (C=O) groups excluding carboxylic acids is 1. The van der Waals surface area contributed by atoms with Gasteiger partial charge in [0.1, 0.15) is 4.60 Å². The number of aromatic nitrogens is 2. The highest BCUT2D eigenvalue weighted by Crippen LogP contribution is 2.28. The van der Waals surface area contributed by atoms with Crippen LogP contribution in [0.3, 0.4) is 0 Å². The lowest BCUT2D eigenvalue weighted by atomic mass is 10.1. The van der Waals surface area contributed by atoms with Crippen molar-refractivity contribution in [2.45, 2.75) is 26.4 Å². The van der Waals surface area contributed by atoms with Crippen LogP contribution in [-0.2, 0) is 6.54 Å². The quantitative estimate of drug-likeness (QED) is 0.752. The fraction of sp³-hybridized carbons (Fsp3) is 0.333. The number of hydrogen-bond donors (Lipinski definition) is 0. The normalized spacial score (nSPS) is 17.9. The van der Waals surface area contributed by atoms with Gasteiger partial charge in [-0.2, -0.15) is 0 Å². The molecule has 20 heavy (non-hydrogen) atoms. The van der Waals surface area contributed by atoms with Gasteiger partial charge in [-0.25, -0.2) is 4.98 Å². The lowest BCUT2D eigenvalue weighted by Crippen LogP contribution is -2.41. The predicted molar refractivity (Wildman–Crippen MR) is 80.6 cm³/mol. The first kappa shape index (κ1) is 13.4. The van der Waals surface area contributed by atoms with Crippen LogP contribution in [0.5, 0.6) is 0 Å². The average Bonchev–Trinajstić information content (AvgIpc) is 2.82. The van der Waals surface area contributed by atoms with Gasteiger partial charge in [0, 0.05) is 30.7 Å². The van der Waals surface area contributed by atoms with E-state index in [1.807, 2.05) is 11.0 Å². The van der Waals surface area contributed by atoms with Crippen molar-refractivity contribution in [3.63, 3.8) is 0 Å². The molecule has 0 fully saturated rings. The Balaban J connectivity index is 1.88. The van der Waals surface area contributed by atoms with E-state index in [9.17, 15) is 4.79 Å². The van der Waals surface area contributed by atoms with E-state index in [2.05, 4.69) is 51.5 Å². The summed E-state index contributed by atoms with van der Waals surface area (Å²) in [7, 11) is 0. The van der Waals surface area contributed by atoms with E-state index >= 15 is 0 Å². The van der Waals surface area contributed by atoms with Crippen molar-refractivity contribution in [1.29, 1.82) is 0 Å². The van der Waals surface area contributed by atoms with Gasteiger partial charge < -0.3 is 9.47 Å². The van der Waals surface area contributed by atoms with Crippen LogP contribution in [0.4, 0.5) is 0 Å². The summed E-state index contributed by atoms with van der Waals surface area (Å²) in [5.41, 5.74) is 3.09. The molecule has 1 amide bonds. The third-order valence-corrected chi connectivity index (χ3v) is 4.40. The first-order valence-electron chi connectivity index (χ1n) is 6.66. The molecule has 4 nitrogen and oxygen atoms in total. The average molecular weight is 334 g/mol. The van der Waals surface area contributed by atoms with Gasteiger partial charge in [0.2, 0.25) is 0 Å². The first-order valence-corrected chi connectivity index (χ1v) is 7.46. The lowest BCUT2D eigenvalue weighted by molar-refractivity contribution is 0.0642. The van der Waals surface area contributed by atoms with Crippen molar-refractivity contribution >= 4 is 21.8 Å². The Bertz CT molecular complexity index is 648. The Morgan fingerprint density at radius 1 is 1.30 bits per heavy atom. The molecule has 1 unspecified atom stereocenters. The van der Waals surface area contributed by atoms with Crippen molar-refractivity contribution < 1.29 is 4.79 Å². The molecule has 0 N–H and O–H groups in total. The number of aryl methyl sites for hydroxylation is 1. The summed E-state index contributed by atoms with van der Waals surface area (Å²) in [6, 6.07) is 7.92. The molecule has 1 atom stereocenters. The zero-order valence-corrected chi connectivity index (χ0v) is 13.1. The molecule has 0 radical (unpaired) electrons. The van der Waals surface area contributed by atoms with E-state index in [0.717, 1.165) is 17.7 Å². The highest BCUT2D eigenvalue weighted by atomic mass is 79.9. The van der Waals surface area contributed by atoms with Crippen LogP contribution in [0.25, 0.3) is 0 Å².